The van der Waals surface area contributed by atoms with E-state index in [1.807, 2.05) is 0 Å². The van der Waals surface area contributed by atoms with E-state index in [-0.39, 0.29) is 22.8 Å². The maximum atomic E-state index is 12.8. The third kappa shape index (κ3) is 3.55. The van der Waals surface area contributed by atoms with Gasteiger partial charge in [0.05, 0.1) is 16.3 Å². The number of nitrogens with one attached hydrogen (secondary N) is 1. The zero-order chi connectivity index (χ0) is 20.4. The first-order valence-electron chi connectivity index (χ1n) is 8.89. The molecule has 0 radical (unpaired) electrons. The number of hydrogen-bond acceptors (Lipinski definition) is 6. The molecule has 0 aliphatic carbocycles. The van der Waals surface area contributed by atoms with Gasteiger partial charge in [-0.1, -0.05) is 12.1 Å². The van der Waals surface area contributed by atoms with Crippen molar-refractivity contribution in [3.8, 4) is 5.69 Å². The summed E-state index contributed by atoms with van der Waals surface area (Å²) in [7, 11) is 0. The van der Waals surface area contributed by atoms with Gasteiger partial charge in [0.25, 0.3) is 11.6 Å². The number of para-hydroxylation sites is 2. The van der Waals surface area contributed by atoms with Crippen LogP contribution in [0.25, 0.3) is 5.69 Å². The van der Waals surface area contributed by atoms with Crippen LogP contribution in [-0.2, 0) is 4.79 Å². The third-order valence-corrected chi connectivity index (χ3v) is 4.62. The van der Waals surface area contributed by atoms with Crippen molar-refractivity contribution in [2.24, 2.45) is 0 Å². The largest absolute Gasteiger partial charge is 0.320 e. The summed E-state index contributed by atoms with van der Waals surface area (Å²) in [5.41, 5.74) is 1.12. The molecule has 1 N–H and O–H groups in total. The van der Waals surface area contributed by atoms with Crippen LogP contribution >= 0.6 is 0 Å². The lowest BCUT2D eigenvalue weighted by Crippen LogP contribution is -2.25. The second-order valence-electron chi connectivity index (χ2n) is 6.42. The van der Waals surface area contributed by atoms with Crippen molar-refractivity contribution in [2.75, 3.05) is 16.8 Å². The summed E-state index contributed by atoms with van der Waals surface area (Å²) in [6.45, 7) is 0.587. The number of rotatable bonds is 5. The number of anilines is 2. The van der Waals surface area contributed by atoms with E-state index < -0.39 is 10.8 Å². The summed E-state index contributed by atoms with van der Waals surface area (Å²) in [4.78, 5) is 41.2. The maximum absolute atomic E-state index is 12.8. The van der Waals surface area contributed by atoms with Crippen LogP contribution in [0.15, 0.2) is 55.1 Å². The van der Waals surface area contributed by atoms with Gasteiger partial charge in [-0.2, -0.15) is 5.10 Å². The molecule has 0 bridgehead atoms. The van der Waals surface area contributed by atoms with Gasteiger partial charge in [-0.3, -0.25) is 19.7 Å². The van der Waals surface area contributed by atoms with E-state index in [1.54, 1.807) is 29.2 Å². The van der Waals surface area contributed by atoms with Crippen molar-refractivity contribution in [3.63, 3.8) is 0 Å². The van der Waals surface area contributed by atoms with E-state index in [4.69, 9.17) is 0 Å². The predicted molar refractivity (Wildman–Crippen MR) is 104 cm³/mol. The minimum atomic E-state index is -0.579. The van der Waals surface area contributed by atoms with Crippen molar-refractivity contribution in [1.29, 1.82) is 0 Å². The molecule has 1 aliphatic rings. The van der Waals surface area contributed by atoms with Crippen LogP contribution in [0.3, 0.4) is 0 Å². The van der Waals surface area contributed by atoms with Crippen LogP contribution in [-0.4, -0.2) is 38.0 Å². The molecule has 10 nitrogen and oxygen atoms in total. The van der Waals surface area contributed by atoms with Gasteiger partial charge in [0.15, 0.2) is 0 Å². The SMILES string of the molecule is O=C(Nc1ccccc1N1CCCC1=O)c1ccc(-n2cncn2)c([N+](=O)[O-])c1. The fraction of sp³-hybridized carbons (Fsp3) is 0.158. The van der Waals surface area contributed by atoms with Crippen molar-refractivity contribution in [1.82, 2.24) is 14.8 Å². The number of aromatic nitrogens is 3. The summed E-state index contributed by atoms with van der Waals surface area (Å²) in [6, 6.07) is 11.1. The van der Waals surface area contributed by atoms with E-state index in [9.17, 15) is 19.7 Å². The lowest BCUT2D eigenvalue weighted by Gasteiger charge is -2.20. The standard InChI is InChI=1S/C19H16N6O4/c26-18-6-3-9-23(18)15-5-2-1-4-14(15)22-19(27)13-7-8-16(17(10-13)25(28)29)24-12-20-11-21-24/h1-2,4-5,7-8,10-12H,3,6,9H2,(H,22,27). The highest BCUT2D eigenvalue weighted by atomic mass is 16.6. The third-order valence-electron chi connectivity index (χ3n) is 4.62. The van der Waals surface area contributed by atoms with Crippen LogP contribution in [0, 0.1) is 10.1 Å². The lowest BCUT2D eigenvalue weighted by atomic mass is 10.1. The Morgan fingerprint density at radius 1 is 1.17 bits per heavy atom. The summed E-state index contributed by atoms with van der Waals surface area (Å²) in [5.74, 6) is -0.517. The molecular formula is C19H16N6O4. The molecule has 1 aromatic heterocycles. The zero-order valence-corrected chi connectivity index (χ0v) is 15.2. The molecule has 2 heterocycles. The van der Waals surface area contributed by atoms with Gasteiger partial charge in [-0.25, -0.2) is 9.67 Å². The molecule has 2 amide bonds. The number of carbonyl (C=O) groups excluding carboxylic acids is 2. The molecule has 146 valence electrons. The first-order valence-corrected chi connectivity index (χ1v) is 8.89. The zero-order valence-electron chi connectivity index (χ0n) is 15.2. The van der Waals surface area contributed by atoms with Crippen LogP contribution in [0.4, 0.5) is 17.1 Å². The molecule has 0 atom stereocenters. The molecule has 2 aromatic carbocycles. The van der Waals surface area contributed by atoms with E-state index in [1.165, 1.54) is 35.5 Å². The van der Waals surface area contributed by atoms with Gasteiger partial charge >= 0.3 is 0 Å². The van der Waals surface area contributed by atoms with Crippen LogP contribution in [0.1, 0.15) is 23.2 Å². The molecule has 10 heteroatoms. The van der Waals surface area contributed by atoms with Crippen molar-refractivity contribution >= 4 is 28.9 Å². The smallest absolute Gasteiger partial charge is 0.295 e. The van der Waals surface area contributed by atoms with Crippen LogP contribution < -0.4 is 10.2 Å². The van der Waals surface area contributed by atoms with Crippen molar-refractivity contribution in [2.45, 2.75) is 12.8 Å². The molecule has 29 heavy (non-hydrogen) atoms. The quantitative estimate of drug-likeness (QED) is 0.526. The Balaban J connectivity index is 1.64. The van der Waals surface area contributed by atoms with Crippen LogP contribution in [0.5, 0.6) is 0 Å². The van der Waals surface area contributed by atoms with Crippen molar-refractivity contribution < 1.29 is 14.5 Å². The Labute approximate surface area is 164 Å². The Bertz CT molecular complexity index is 1100. The number of nitro benzene ring substituents is 1. The second kappa shape index (κ2) is 7.50. The Morgan fingerprint density at radius 2 is 2.00 bits per heavy atom. The van der Waals surface area contributed by atoms with Gasteiger partial charge in [0, 0.05) is 24.6 Å². The fourth-order valence-corrected chi connectivity index (χ4v) is 3.25. The summed E-state index contributed by atoms with van der Waals surface area (Å²) >= 11 is 0. The number of nitrogens with zero attached hydrogens (tertiary/aromatic N) is 5. The molecular weight excluding hydrogens is 376 g/mol. The Hall–Kier alpha value is -4.08. The van der Waals surface area contributed by atoms with Gasteiger partial charge in [0.2, 0.25) is 5.91 Å². The van der Waals surface area contributed by atoms with E-state index in [2.05, 4.69) is 15.4 Å². The van der Waals surface area contributed by atoms with Crippen molar-refractivity contribution in [3.05, 3.63) is 70.8 Å². The average molecular weight is 392 g/mol. The van der Waals surface area contributed by atoms with E-state index >= 15 is 0 Å². The molecule has 1 aliphatic heterocycles. The first-order chi connectivity index (χ1) is 14.0. The first kappa shape index (κ1) is 18.3. The highest BCUT2D eigenvalue weighted by Crippen LogP contribution is 2.30. The van der Waals surface area contributed by atoms with Gasteiger partial charge in [0.1, 0.15) is 18.3 Å². The molecule has 0 spiro atoms. The number of benzene rings is 2. The molecule has 4 rings (SSSR count). The number of nitro groups is 1. The fourth-order valence-electron chi connectivity index (χ4n) is 3.25. The van der Waals surface area contributed by atoms with E-state index in [0.717, 1.165) is 6.42 Å². The minimum absolute atomic E-state index is 0.000443. The summed E-state index contributed by atoms with van der Waals surface area (Å²) in [5, 5.41) is 18.1. The maximum Gasteiger partial charge on any atom is 0.295 e. The molecule has 1 saturated heterocycles. The Kier molecular flexibility index (Phi) is 4.73. The molecule has 1 fully saturated rings. The predicted octanol–water partition coefficient (Wildman–Crippen LogP) is 2.55. The monoisotopic (exact) mass is 392 g/mol. The van der Waals surface area contributed by atoms with Gasteiger partial charge < -0.3 is 10.2 Å². The highest BCUT2D eigenvalue weighted by molar-refractivity contribution is 6.08. The van der Waals surface area contributed by atoms with Gasteiger partial charge in [-0.05, 0) is 30.7 Å². The summed E-state index contributed by atoms with van der Waals surface area (Å²) in [6.07, 6.45) is 3.83. The highest BCUT2D eigenvalue weighted by Gasteiger charge is 2.25. The normalized spacial score (nSPS) is 13.5. The minimum Gasteiger partial charge on any atom is -0.320 e. The molecule has 0 saturated carbocycles. The van der Waals surface area contributed by atoms with E-state index in [0.29, 0.717) is 24.3 Å². The number of amides is 2. The number of carbonyl (C=O) groups is 2. The van der Waals surface area contributed by atoms with Gasteiger partial charge in [-0.15, -0.1) is 0 Å². The van der Waals surface area contributed by atoms with Crippen LogP contribution in [0.2, 0.25) is 0 Å². The lowest BCUT2D eigenvalue weighted by molar-refractivity contribution is -0.384. The summed E-state index contributed by atoms with van der Waals surface area (Å²) < 4.78 is 1.26. The Morgan fingerprint density at radius 3 is 2.69 bits per heavy atom. The topological polar surface area (TPSA) is 123 Å². The number of hydrogen-bond donors (Lipinski definition) is 1. The molecule has 3 aromatic rings. The molecule has 0 unspecified atom stereocenters. The second-order valence-corrected chi connectivity index (χ2v) is 6.42. The average Bonchev–Trinajstić information content (AvgIpc) is 3.40.